The quantitative estimate of drug-likeness (QED) is 0.413. The molecule has 0 spiro atoms. The highest BCUT2D eigenvalue weighted by Crippen LogP contribution is 2.18. The van der Waals surface area contributed by atoms with Crippen molar-refractivity contribution in [1.82, 2.24) is 10.2 Å². The number of nitrogens with one attached hydrogen (secondary N) is 1. The second-order valence-corrected chi connectivity index (χ2v) is 10.3. The lowest BCUT2D eigenvalue weighted by Crippen LogP contribution is -2.49. The predicted octanol–water partition coefficient (Wildman–Crippen LogP) is 3.61. The largest absolute Gasteiger partial charge is 0.354 e. The van der Waals surface area contributed by atoms with Crippen LogP contribution in [0.4, 0.5) is 5.69 Å². The van der Waals surface area contributed by atoms with Crippen molar-refractivity contribution in [2.24, 2.45) is 0 Å². The average Bonchev–Trinajstić information content (AvgIpc) is 2.82. The number of para-hydroxylation sites is 1. The molecule has 0 heterocycles. The number of carbonyl (C=O) groups is 2. The van der Waals surface area contributed by atoms with Crippen molar-refractivity contribution < 1.29 is 18.0 Å². The molecule has 7 nitrogen and oxygen atoms in total. The average molecular weight is 488 g/mol. The van der Waals surface area contributed by atoms with Crippen molar-refractivity contribution >= 4 is 27.5 Å². The molecule has 0 unspecified atom stereocenters. The third-order valence-electron chi connectivity index (χ3n) is 5.68. The number of rotatable bonds is 14. The number of amides is 2. The molecular weight excluding hydrogens is 450 g/mol. The first-order chi connectivity index (χ1) is 16.2. The Morgan fingerprint density at radius 3 is 2.15 bits per heavy atom. The van der Waals surface area contributed by atoms with Gasteiger partial charge in [0.25, 0.3) is 0 Å². The minimum absolute atomic E-state index is 0.153. The van der Waals surface area contributed by atoms with Crippen LogP contribution in [0.15, 0.2) is 60.7 Å². The van der Waals surface area contributed by atoms with Gasteiger partial charge in [-0.25, -0.2) is 8.42 Å². The standard InChI is InChI=1S/C26H37N3O4S/c1-4-5-19-27-26(31)22(2)28(21-18-23-13-8-6-9-14-23)25(30)17-12-20-29(34(3,32)33)24-15-10-7-11-16-24/h6-11,13-16,22H,4-5,12,17-21H2,1-3H3,(H,27,31)/t22-/m1/s1. The van der Waals surface area contributed by atoms with Crippen molar-refractivity contribution in [3.63, 3.8) is 0 Å². The Bertz CT molecular complexity index is 997. The van der Waals surface area contributed by atoms with Crippen molar-refractivity contribution in [3.05, 3.63) is 66.2 Å². The number of hydrogen-bond acceptors (Lipinski definition) is 4. The Balaban J connectivity index is 2.06. The number of nitrogens with zero attached hydrogens (tertiary/aromatic N) is 2. The summed E-state index contributed by atoms with van der Waals surface area (Å²) in [5, 5.41) is 2.91. The molecule has 1 N–H and O–H groups in total. The van der Waals surface area contributed by atoms with E-state index in [0.717, 1.165) is 24.7 Å². The molecule has 0 saturated carbocycles. The molecule has 34 heavy (non-hydrogen) atoms. The van der Waals surface area contributed by atoms with Gasteiger partial charge in [0.05, 0.1) is 11.9 Å². The number of hydrogen-bond donors (Lipinski definition) is 1. The molecule has 2 aromatic rings. The first-order valence-corrected chi connectivity index (χ1v) is 13.7. The zero-order valence-electron chi connectivity index (χ0n) is 20.4. The van der Waals surface area contributed by atoms with E-state index in [1.165, 1.54) is 4.31 Å². The zero-order valence-corrected chi connectivity index (χ0v) is 21.3. The molecule has 0 saturated heterocycles. The van der Waals surface area contributed by atoms with Gasteiger partial charge >= 0.3 is 0 Å². The molecule has 0 bridgehead atoms. The maximum atomic E-state index is 13.2. The van der Waals surface area contributed by atoms with Crippen LogP contribution in [0.25, 0.3) is 0 Å². The summed E-state index contributed by atoms with van der Waals surface area (Å²) in [6.07, 6.45) is 4.17. The fourth-order valence-corrected chi connectivity index (χ4v) is 4.67. The van der Waals surface area contributed by atoms with Gasteiger partial charge in [0.1, 0.15) is 6.04 Å². The van der Waals surface area contributed by atoms with E-state index in [9.17, 15) is 18.0 Å². The minimum atomic E-state index is -3.48. The Morgan fingerprint density at radius 2 is 1.56 bits per heavy atom. The minimum Gasteiger partial charge on any atom is -0.354 e. The van der Waals surface area contributed by atoms with Crippen molar-refractivity contribution in [1.29, 1.82) is 0 Å². The van der Waals surface area contributed by atoms with E-state index < -0.39 is 16.1 Å². The van der Waals surface area contributed by atoms with Crippen LogP contribution in [0.2, 0.25) is 0 Å². The number of sulfonamides is 1. The first kappa shape index (κ1) is 27.4. The summed E-state index contributed by atoms with van der Waals surface area (Å²) in [6, 6.07) is 18.1. The van der Waals surface area contributed by atoms with E-state index in [0.29, 0.717) is 31.6 Å². The molecule has 0 aliphatic rings. The lowest BCUT2D eigenvalue weighted by molar-refractivity contribution is -0.139. The summed E-state index contributed by atoms with van der Waals surface area (Å²) in [4.78, 5) is 27.5. The summed E-state index contributed by atoms with van der Waals surface area (Å²) in [5.41, 5.74) is 1.66. The molecule has 0 fully saturated rings. The van der Waals surface area contributed by atoms with E-state index in [1.54, 1.807) is 36.1 Å². The summed E-state index contributed by atoms with van der Waals surface area (Å²) < 4.78 is 25.9. The van der Waals surface area contributed by atoms with Gasteiger partial charge < -0.3 is 10.2 Å². The molecule has 186 valence electrons. The smallest absolute Gasteiger partial charge is 0.242 e. The topological polar surface area (TPSA) is 86.8 Å². The van der Waals surface area contributed by atoms with Gasteiger partial charge in [0.2, 0.25) is 21.8 Å². The molecule has 1 atom stereocenters. The summed E-state index contributed by atoms with van der Waals surface area (Å²) in [5.74, 6) is -0.326. The Labute approximate surface area is 204 Å². The van der Waals surface area contributed by atoms with Crippen molar-refractivity contribution in [2.45, 2.75) is 52.0 Å². The number of unbranched alkanes of at least 4 members (excludes halogenated alkanes) is 1. The summed E-state index contributed by atoms with van der Waals surface area (Å²) in [6.45, 7) is 5.00. The maximum Gasteiger partial charge on any atom is 0.242 e. The van der Waals surface area contributed by atoms with Gasteiger partial charge in [-0.15, -0.1) is 0 Å². The third kappa shape index (κ3) is 8.82. The van der Waals surface area contributed by atoms with Gasteiger partial charge in [-0.2, -0.15) is 0 Å². The zero-order chi connectivity index (χ0) is 25.0. The van der Waals surface area contributed by atoms with Gasteiger partial charge in [0, 0.05) is 26.1 Å². The van der Waals surface area contributed by atoms with Crippen LogP contribution in [-0.4, -0.2) is 57.1 Å². The van der Waals surface area contributed by atoms with E-state index in [4.69, 9.17) is 0 Å². The Kier molecular flexibility index (Phi) is 11.1. The van der Waals surface area contributed by atoms with Gasteiger partial charge in [-0.3, -0.25) is 13.9 Å². The van der Waals surface area contributed by atoms with Gasteiger partial charge in [-0.05, 0) is 43.9 Å². The molecule has 0 radical (unpaired) electrons. The fourth-order valence-electron chi connectivity index (χ4n) is 3.70. The molecule has 8 heteroatoms. The first-order valence-electron chi connectivity index (χ1n) is 11.9. The normalized spacial score (nSPS) is 12.1. The molecule has 2 aromatic carbocycles. The van der Waals surface area contributed by atoms with E-state index in [2.05, 4.69) is 12.2 Å². The summed E-state index contributed by atoms with van der Waals surface area (Å²) >= 11 is 0. The van der Waals surface area contributed by atoms with Crippen LogP contribution in [0.5, 0.6) is 0 Å². The Hall–Kier alpha value is -2.87. The molecule has 2 amide bonds. The van der Waals surface area contributed by atoms with Crippen LogP contribution in [-0.2, 0) is 26.0 Å². The number of anilines is 1. The molecule has 2 rings (SSSR count). The highest BCUT2D eigenvalue weighted by Gasteiger charge is 2.26. The summed E-state index contributed by atoms with van der Waals surface area (Å²) in [7, 11) is -3.48. The number of carbonyl (C=O) groups excluding carboxylic acids is 2. The highest BCUT2D eigenvalue weighted by atomic mass is 32.2. The lowest BCUT2D eigenvalue weighted by Gasteiger charge is -2.29. The van der Waals surface area contributed by atoms with E-state index >= 15 is 0 Å². The SMILES string of the molecule is CCCCNC(=O)[C@@H](C)N(CCc1ccccc1)C(=O)CCCN(c1ccccc1)S(C)(=O)=O. The van der Waals surface area contributed by atoms with Crippen molar-refractivity contribution in [3.8, 4) is 0 Å². The lowest BCUT2D eigenvalue weighted by atomic mass is 10.1. The highest BCUT2D eigenvalue weighted by molar-refractivity contribution is 7.92. The van der Waals surface area contributed by atoms with Gasteiger partial charge in [0.15, 0.2) is 0 Å². The molecular formula is C26H37N3O4S. The Morgan fingerprint density at radius 1 is 0.941 bits per heavy atom. The van der Waals surface area contributed by atoms with Crippen LogP contribution < -0.4 is 9.62 Å². The van der Waals surface area contributed by atoms with E-state index in [-0.39, 0.29) is 24.8 Å². The van der Waals surface area contributed by atoms with E-state index in [1.807, 2.05) is 36.4 Å². The second-order valence-electron chi connectivity index (χ2n) is 8.42. The maximum absolute atomic E-state index is 13.2. The molecule has 0 aliphatic heterocycles. The second kappa shape index (κ2) is 13.7. The number of benzene rings is 2. The molecule has 0 aliphatic carbocycles. The van der Waals surface area contributed by atoms with Crippen LogP contribution >= 0.6 is 0 Å². The monoisotopic (exact) mass is 487 g/mol. The van der Waals surface area contributed by atoms with Crippen LogP contribution in [0, 0.1) is 0 Å². The van der Waals surface area contributed by atoms with Crippen LogP contribution in [0.1, 0.15) is 45.1 Å². The van der Waals surface area contributed by atoms with Crippen molar-refractivity contribution in [2.75, 3.05) is 30.2 Å². The van der Waals surface area contributed by atoms with Crippen LogP contribution in [0.3, 0.4) is 0 Å². The third-order valence-corrected chi connectivity index (χ3v) is 6.87. The van der Waals surface area contributed by atoms with Gasteiger partial charge in [-0.1, -0.05) is 61.9 Å². The molecule has 0 aromatic heterocycles. The predicted molar refractivity (Wildman–Crippen MR) is 137 cm³/mol. The fraction of sp³-hybridized carbons (Fsp3) is 0.462.